The van der Waals surface area contributed by atoms with Gasteiger partial charge in [-0.05, 0) is 62.2 Å². The maximum Gasteiger partial charge on any atom is 0.255 e. The van der Waals surface area contributed by atoms with Crippen molar-refractivity contribution in [3.05, 3.63) is 71.3 Å². The summed E-state index contributed by atoms with van der Waals surface area (Å²) in [5.74, 6) is 0.0701. The number of para-hydroxylation sites is 1. The summed E-state index contributed by atoms with van der Waals surface area (Å²) in [6.07, 6.45) is 5.89. The van der Waals surface area contributed by atoms with E-state index in [9.17, 15) is 14.4 Å². The summed E-state index contributed by atoms with van der Waals surface area (Å²) in [5, 5.41) is 9.34. The van der Waals surface area contributed by atoms with Crippen LogP contribution in [0.1, 0.15) is 29.6 Å². The Morgan fingerprint density at radius 1 is 1.06 bits per heavy atom. The number of halogens is 1. The number of piperidine rings is 1. The molecule has 0 bridgehead atoms. The van der Waals surface area contributed by atoms with Crippen LogP contribution in [0.3, 0.4) is 0 Å². The van der Waals surface area contributed by atoms with Crippen LogP contribution in [-0.4, -0.2) is 62.0 Å². The van der Waals surface area contributed by atoms with Crippen LogP contribution < -0.4 is 20.7 Å². The number of likely N-dealkylation sites (tertiary alicyclic amines) is 1. The second-order valence-electron chi connectivity index (χ2n) is 9.14. The third-order valence-corrected chi connectivity index (χ3v) is 6.72. The van der Waals surface area contributed by atoms with E-state index in [-0.39, 0.29) is 30.9 Å². The molecule has 0 radical (unpaired) electrons. The molecule has 36 heavy (non-hydrogen) atoms. The molecule has 2 aliphatic rings. The Kier molecular flexibility index (Phi) is 8.61. The zero-order chi connectivity index (χ0) is 25.4. The highest BCUT2D eigenvalue weighted by Gasteiger charge is 2.41. The van der Waals surface area contributed by atoms with Crippen molar-refractivity contribution in [2.24, 2.45) is 5.41 Å². The Labute approximate surface area is 216 Å². The fourth-order valence-corrected chi connectivity index (χ4v) is 4.80. The number of ether oxygens (including phenoxy) is 1. The van der Waals surface area contributed by atoms with Crippen molar-refractivity contribution < 1.29 is 19.1 Å². The predicted molar refractivity (Wildman–Crippen MR) is 139 cm³/mol. The minimum atomic E-state index is -0.665. The number of carbonyl (C=O) groups is 3. The average molecular weight is 511 g/mol. The molecule has 190 valence electrons. The maximum atomic E-state index is 13.4. The number of benzene rings is 2. The van der Waals surface area contributed by atoms with Crippen LogP contribution in [0.2, 0.25) is 5.02 Å². The number of amides is 3. The maximum absolute atomic E-state index is 13.4. The fourth-order valence-electron chi connectivity index (χ4n) is 4.67. The molecule has 2 aromatic carbocycles. The van der Waals surface area contributed by atoms with E-state index in [1.807, 2.05) is 23.1 Å². The zero-order valence-electron chi connectivity index (χ0n) is 20.1. The quantitative estimate of drug-likeness (QED) is 0.550. The minimum absolute atomic E-state index is 0.0670. The Morgan fingerprint density at radius 2 is 1.83 bits per heavy atom. The van der Waals surface area contributed by atoms with E-state index < -0.39 is 5.41 Å². The molecule has 1 fully saturated rings. The monoisotopic (exact) mass is 510 g/mol. The molecule has 1 spiro atoms. The van der Waals surface area contributed by atoms with Crippen LogP contribution in [0.25, 0.3) is 0 Å². The van der Waals surface area contributed by atoms with Crippen LogP contribution >= 0.6 is 11.6 Å². The lowest BCUT2D eigenvalue weighted by Crippen LogP contribution is -2.53. The molecule has 0 aliphatic carbocycles. The number of fused-ring (bicyclic) bond motifs is 1. The number of anilines is 1. The van der Waals surface area contributed by atoms with E-state index in [1.54, 1.807) is 42.5 Å². The first-order valence-electron chi connectivity index (χ1n) is 12.2. The van der Waals surface area contributed by atoms with Gasteiger partial charge in [-0.3, -0.25) is 19.3 Å². The van der Waals surface area contributed by atoms with Crippen LogP contribution in [0.5, 0.6) is 5.75 Å². The van der Waals surface area contributed by atoms with Gasteiger partial charge in [0.2, 0.25) is 11.8 Å². The number of rotatable bonds is 3. The summed E-state index contributed by atoms with van der Waals surface area (Å²) in [7, 11) is 0. The van der Waals surface area contributed by atoms with Crippen molar-refractivity contribution >= 4 is 35.0 Å². The lowest BCUT2D eigenvalue weighted by atomic mass is 9.76. The Morgan fingerprint density at radius 3 is 2.67 bits per heavy atom. The fraction of sp³-hybridized carbons (Fsp3) is 0.370. The third kappa shape index (κ3) is 6.65. The van der Waals surface area contributed by atoms with Crippen LogP contribution in [0, 0.1) is 5.41 Å². The van der Waals surface area contributed by atoms with Crippen LogP contribution in [0.15, 0.2) is 60.7 Å². The normalized spacial score (nSPS) is 22.4. The van der Waals surface area contributed by atoms with Gasteiger partial charge in [0.25, 0.3) is 5.91 Å². The largest absolute Gasteiger partial charge is 0.489 e. The van der Waals surface area contributed by atoms with Gasteiger partial charge in [0.1, 0.15) is 12.4 Å². The molecule has 0 aromatic heterocycles. The van der Waals surface area contributed by atoms with Gasteiger partial charge in [-0.1, -0.05) is 35.9 Å². The predicted octanol–water partition coefficient (Wildman–Crippen LogP) is 3.25. The van der Waals surface area contributed by atoms with Crippen molar-refractivity contribution in [1.82, 2.24) is 15.5 Å². The van der Waals surface area contributed by atoms with E-state index >= 15 is 0 Å². The van der Waals surface area contributed by atoms with E-state index in [2.05, 4.69) is 16.0 Å². The molecule has 3 amide bonds. The SMILES string of the molecule is O=C(CN1CCCC2(C/C=C\COc3ccccc3C(=O)NCCNC2=O)C1)Nc1ccc(Cl)cc1. The van der Waals surface area contributed by atoms with E-state index in [0.29, 0.717) is 54.5 Å². The molecule has 3 N–H and O–H groups in total. The molecule has 2 aliphatic heterocycles. The van der Waals surface area contributed by atoms with E-state index in [0.717, 1.165) is 13.0 Å². The van der Waals surface area contributed by atoms with Gasteiger partial charge in [-0.15, -0.1) is 0 Å². The van der Waals surface area contributed by atoms with Gasteiger partial charge in [0.15, 0.2) is 0 Å². The third-order valence-electron chi connectivity index (χ3n) is 6.47. The summed E-state index contributed by atoms with van der Waals surface area (Å²) in [5.41, 5.74) is 0.477. The van der Waals surface area contributed by atoms with Crippen LogP contribution in [-0.2, 0) is 9.59 Å². The number of carbonyl (C=O) groups excluding carboxylic acids is 3. The average Bonchev–Trinajstić information content (AvgIpc) is 2.87. The summed E-state index contributed by atoms with van der Waals surface area (Å²) in [6.45, 7) is 2.30. The molecule has 2 heterocycles. The number of allylic oxidation sites excluding steroid dienone is 1. The summed E-state index contributed by atoms with van der Waals surface area (Å²) >= 11 is 5.92. The standard InChI is InChI=1S/C27H31ClN4O4/c28-20-8-10-21(11-9-20)31-24(33)18-32-16-5-13-27(19-32)12-3-4-17-36-23-7-2-1-6-22(23)25(34)29-14-15-30-26(27)35/h1-4,6-11H,5,12-19H2,(H,29,34)(H,30,35)(H,31,33)/b4-3-. The second kappa shape index (κ2) is 12.1. The van der Waals surface area contributed by atoms with Crippen molar-refractivity contribution in [3.8, 4) is 5.75 Å². The first-order chi connectivity index (χ1) is 17.4. The lowest BCUT2D eigenvalue weighted by Gasteiger charge is -2.41. The highest BCUT2D eigenvalue weighted by atomic mass is 35.5. The van der Waals surface area contributed by atoms with Crippen LogP contribution in [0.4, 0.5) is 5.69 Å². The zero-order valence-corrected chi connectivity index (χ0v) is 20.9. The Hall–Kier alpha value is -3.36. The van der Waals surface area contributed by atoms with Crippen molar-refractivity contribution in [2.45, 2.75) is 19.3 Å². The van der Waals surface area contributed by atoms with E-state index in [1.165, 1.54) is 0 Å². The van der Waals surface area contributed by atoms with Gasteiger partial charge in [-0.25, -0.2) is 0 Å². The molecular formula is C27H31ClN4O4. The Balaban J connectivity index is 1.43. The molecule has 0 saturated carbocycles. The highest BCUT2D eigenvalue weighted by molar-refractivity contribution is 6.30. The van der Waals surface area contributed by atoms with Gasteiger partial charge in [0, 0.05) is 30.3 Å². The minimum Gasteiger partial charge on any atom is -0.489 e. The molecule has 1 saturated heterocycles. The Bertz CT molecular complexity index is 1120. The molecular weight excluding hydrogens is 480 g/mol. The number of nitrogens with one attached hydrogen (secondary N) is 3. The second-order valence-corrected chi connectivity index (χ2v) is 9.58. The van der Waals surface area contributed by atoms with Crippen molar-refractivity contribution in [3.63, 3.8) is 0 Å². The van der Waals surface area contributed by atoms with Crippen molar-refractivity contribution in [2.75, 3.05) is 44.6 Å². The highest BCUT2D eigenvalue weighted by Crippen LogP contribution is 2.34. The van der Waals surface area contributed by atoms with E-state index in [4.69, 9.17) is 16.3 Å². The number of hydrogen-bond donors (Lipinski definition) is 3. The number of hydrogen-bond acceptors (Lipinski definition) is 5. The first-order valence-corrected chi connectivity index (χ1v) is 12.5. The molecule has 4 rings (SSSR count). The smallest absolute Gasteiger partial charge is 0.255 e. The molecule has 8 nitrogen and oxygen atoms in total. The van der Waals surface area contributed by atoms with Gasteiger partial charge >= 0.3 is 0 Å². The summed E-state index contributed by atoms with van der Waals surface area (Å²) in [4.78, 5) is 40.6. The van der Waals surface area contributed by atoms with Gasteiger partial charge in [-0.2, -0.15) is 0 Å². The summed E-state index contributed by atoms with van der Waals surface area (Å²) < 4.78 is 5.82. The molecule has 2 aromatic rings. The number of nitrogens with zero attached hydrogens (tertiary/aromatic N) is 1. The molecule has 1 unspecified atom stereocenters. The molecule has 1 atom stereocenters. The lowest BCUT2D eigenvalue weighted by molar-refractivity contribution is -0.135. The van der Waals surface area contributed by atoms with Gasteiger partial charge < -0.3 is 20.7 Å². The van der Waals surface area contributed by atoms with Gasteiger partial charge in [0.05, 0.1) is 17.5 Å². The molecule has 9 heteroatoms. The van der Waals surface area contributed by atoms with Crippen molar-refractivity contribution in [1.29, 1.82) is 0 Å². The topological polar surface area (TPSA) is 99.8 Å². The first kappa shape index (κ1) is 25.7. The summed E-state index contributed by atoms with van der Waals surface area (Å²) in [6, 6.07) is 14.1.